The highest BCUT2D eigenvalue weighted by molar-refractivity contribution is 6.42. The number of aromatic nitrogens is 2. The minimum absolute atomic E-state index is 0.192. The molecule has 0 bridgehead atoms. The van der Waals surface area contributed by atoms with Crippen LogP contribution < -0.4 is 16.6 Å². The van der Waals surface area contributed by atoms with E-state index < -0.39 is 17.2 Å². The van der Waals surface area contributed by atoms with Crippen LogP contribution in [0.4, 0.5) is 5.82 Å². The van der Waals surface area contributed by atoms with Crippen molar-refractivity contribution in [1.82, 2.24) is 9.55 Å². The van der Waals surface area contributed by atoms with Gasteiger partial charge in [0.1, 0.15) is 5.82 Å². The van der Waals surface area contributed by atoms with Gasteiger partial charge in [-0.15, -0.1) is 0 Å². The maximum absolute atomic E-state index is 13.3. The molecule has 0 amide bonds. The van der Waals surface area contributed by atoms with E-state index in [0.717, 1.165) is 0 Å². The number of carbonyl (C=O) groups excluding carboxylic acids is 1. The molecule has 2 aliphatic rings. The van der Waals surface area contributed by atoms with Crippen molar-refractivity contribution in [3.8, 4) is 0 Å². The third-order valence-corrected chi connectivity index (χ3v) is 6.26. The number of aromatic amines is 1. The van der Waals surface area contributed by atoms with Crippen LogP contribution in [-0.4, -0.2) is 15.3 Å². The minimum Gasteiger partial charge on any atom is -0.340 e. The summed E-state index contributed by atoms with van der Waals surface area (Å²) in [6.45, 7) is 0. The summed E-state index contributed by atoms with van der Waals surface area (Å²) in [7, 11) is 1.55. The summed E-state index contributed by atoms with van der Waals surface area (Å²) in [6, 6.07) is 12.3. The first kappa shape index (κ1) is 18.0. The molecule has 144 valence electrons. The number of nitrogens with one attached hydrogen (secondary N) is 2. The molecule has 2 N–H and O–H groups in total. The van der Waals surface area contributed by atoms with Gasteiger partial charge in [0, 0.05) is 23.7 Å². The summed E-state index contributed by atoms with van der Waals surface area (Å²) in [5, 5.41) is 3.73. The molecule has 0 fully saturated rings. The van der Waals surface area contributed by atoms with Crippen molar-refractivity contribution in [2.45, 2.75) is 5.92 Å². The van der Waals surface area contributed by atoms with Crippen LogP contribution in [0.2, 0.25) is 10.0 Å². The molecule has 3 aromatic rings. The van der Waals surface area contributed by atoms with Gasteiger partial charge in [0.2, 0.25) is 0 Å². The first-order valence-corrected chi connectivity index (χ1v) is 9.58. The highest BCUT2D eigenvalue weighted by atomic mass is 35.5. The molecule has 0 radical (unpaired) electrons. The molecule has 0 saturated carbocycles. The fourth-order valence-electron chi connectivity index (χ4n) is 4.09. The van der Waals surface area contributed by atoms with Gasteiger partial charge >= 0.3 is 5.69 Å². The number of halogens is 2. The van der Waals surface area contributed by atoms with Gasteiger partial charge in [0.15, 0.2) is 5.78 Å². The standard InChI is InChI=1S/C21H13Cl2N3O3/c1-26-19-15(20(28)25-21(26)29)13(11-7-4-8-12(22)16(11)23)14-17(24-19)9-5-2-3-6-10(9)18(14)27/h2-8,13,24H,1H3,(H,25,28,29)/t13-/m1/s1. The van der Waals surface area contributed by atoms with Gasteiger partial charge in [-0.25, -0.2) is 4.79 Å². The Bertz CT molecular complexity index is 1380. The molecular weight excluding hydrogens is 413 g/mol. The molecular formula is C21H13Cl2N3O3. The molecule has 0 saturated heterocycles. The number of benzene rings is 2. The summed E-state index contributed by atoms with van der Waals surface area (Å²) in [4.78, 5) is 40.7. The molecule has 1 atom stereocenters. The van der Waals surface area contributed by atoms with Crippen LogP contribution in [0.5, 0.6) is 0 Å². The van der Waals surface area contributed by atoms with Crippen LogP contribution in [0.25, 0.3) is 5.70 Å². The van der Waals surface area contributed by atoms with Gasteiger partial charge in [-0.1, -0.05) is 59.6 Å². The summed E-state index contributed by atoms with van der Waals surface area (Å²) < 4.78 is 1.32. The average molecular weight is 426 g/mol. The first-order chi connectivity index (χ1) is 13.9. The lowest BCUT2D eigenvalue weighted by molar-refractivity contribution is 0.103. The Morgan fingerprint density at radius 2 is 1.69 bits per heavy atom. The maximum atomic E-state index is 13.3. The van der Waals surface area contributed by atoms with E-state index in [0.29, 0.717) is 38.8 Å². The van der Waals surface area contributed by atoms with Gasteiger partial charge in [-0.05, 0) is 11.6 Å². The lowest BCUT2D eigenvalue weighted by Gasteiger charge is -2.29. The Balaban J connectivity index is 1.91. The minimum atomic E-state index is -0.775. The Hall–Kier alpha value is -3.09. The lowest BCUT2D eigenvalue weighted by atomic mass is 9.81. The fraction of sp³-hybridized carbons (Fsp3) is 0.0952. The molecule has 2 aromatic carbocycles. The first-order valence-electron chi connectivity index (χ1n) is 8.82. The second-order valence-electron chi connectivity index (χ2n) is 6.95. The molecule has 5 rings (SSSR count). The fourth-order valence-corrected chi connectivity index (χ4v) is 4.50. The third kappa shape index (κ3) is 2.39. The number of carbonyl (C=O) groups is 1. The van der Waals surface area contributed by atoms with E-state index in [1.165, 1.54) is 4.57 Å². The van der Waals surface area contributed by atoms with E-state index in [1.807, 2.05) is 12.1 Å². The monoisotopic (exact) mass is 425 g/mol. The largest absolute Gasteiger partial charge is 0.340 e. The number of fused-ring (bicyclic) bond motifs is 3. The van der Waals surface area contributed by atoms with Gasteiger partial charge in [-0.2, -0.15) is 0 Å². The highest BCUT2D eigenvalue weighted by Crippen LogP contribution is 2.49. The van der Waals surface area contributed by atoms with Crippen LogP contribution in [0.3, 0.4) is 0 Å². The van der Waals surface area contributed by atoms with E-state index in [9.17, 15) is 14.4 Å². The molecule has 2 heterocycles. The quantitative estimate of drug-likeness (QED) is 0.624. The highest BCUT2D eigenvalue weighted by Gasteiger charge is 2.43. The van der Waals surface area contributed by atoms with Crippen molar-refractivity contribution < 1.29 is 4.79 Å². The zero-order chi connectivity index (χ0) is 20.4. The number of ketones is 1. The van der Waals surface area contributed by atoms with Gasteiger partial charge in [0.25, 0.3) is 5.56 Å². The SMILES string of the molecule is Cn1c2c(c(=O)[nH]c1=O)[C@H](c1cccc(Cl)c1Cl)C1=C(N2)c2ccccc2C1=O. The Morgan fingerprint density at radius 3 is 2.45 bits per heavy atom. The predicted octanol–water partition coefficient (Wildman–Crippen LogP) is 3.55. The number of H-pyrrole nitrogens is 1. The van der Waals surface area contributed by atoms with Crippen molar-refractivity contribution in [3.05, 3.63) is 101 Å². The van der Waals surface area contributed by atoms with E-state index in [-0.39, 0.29) is 16.4 Å². The second-order valence-corrected chi connectivity index (χ2v) is 7.73. The van der Waals surface area contributed by atoms with Gasteiger partial charge < -0.3 is 5.32 Å². The van der Waals surface area contributed by atoms with E-state index in [2.05, 4.69) is 10.3 Å². The van der Waals surface area contributed by atoms with Crippen LogP contribution >= 0.6 is 23.2 Å². The van der Waals surface area contributed by atoms with Crippen LogP contribution in [0, 0.1) is 0 Å². The number of allylic oxidation sites excluding steroid dienone is 1. The zero-order valence-corrected chi connectivity index (χ0v) is 16.6. The summed E-state index contributed by atoms with van der Waals surface area (Å²) in [5.41, 5.74) is 1.87. The molecule has 8 heteroatoms. The van der Waals surface area contributed by atoms with Gasteiger partial charge in [-0.3, -0.25) is 19.1 Å². The lowest BCUT2D eigenvalue weighted by Crippen LogP contribution is -2.37. The number of rotatable bonds is 1. The Morgan fingerprint density at radius 1 is 0.966 bits per heavy atom. The second kappa shape index (κ2) is 6.20. The smallest absolute Gasteiger partial charge is 0.329 e. The molecule has 1 aliphatic heterocycles. The molecule has 6 nitrogen and oxygen atoms in total. The summed E-state index contributed by atoms with van der Waals surface area (Å²) in [6.07, 6.45) is 0. The van der Waals surface area contributed by atoms with Crippen molar-refractivity contribution >= 4 is 40.5 Å². The average Bonchev–Trinajstić information content (AvgIpc) is 3.00. The summed E-state index contributed by atoms with van der Waals surface area (Å²) in [5.74, 6) is -0.644. The molecule has 0 spiro atoms. The van der Waals surface area contributed by atoms with E-state index in [4.69, 9.17) is 23.2 Å². The predicted molar refractivity (Wildman–Crippen MR) is 112 cm³/mol. The number of hydrogen-bond acceptors (Lipinski definition) is 4. The van der Waals surface area contributed by atoms with Crippen LogP contribution in [0.1, 0.15) is 33.0 Å². The van der Waals surface area contributed by atoms with Gasteiger partial charge in [0.05, 0.1) is 27.2 Å². The topological polar surface area (TPSA) is 84.0 Å². The third-order valence-electron chi connectivity index (χ3n) is 5.43. The molecule has 0 unspecified atom stereocenters. The Labute approximate surface area is 174 Å². The zero-order valence-electron chi connectivity index (χ0n) is 15.0. The molecule has 29 heavy (non-hydrogen) atoms. The summed E-state index contributed by atoms with van der Waals surface area (Å²) >= 11 is 12.7. The van der Waals surface area contributed by atoms with E-state index in [1.54, 1.807) is 37.4 Å². The van der Waals surface area contributed by atoms with Crippen LogP contribution in [-0.2, 0) is 7.05 Å². The molecule has 1 aromatic heterocycles. The van der Waals surface area contributed by atoms with Crippen molar-refractivity contribution in [1.29, 1.82) is 0 Å². The van der Waals surface area contributed by atoms with Crippen molar-refractivity contribution in [2.24, 2.45) is 7.05 Å². The van der Waals surface area contributed by atoms with E-state index >= 15 is 0 Å². The Kier molecular flexibility index (Phi) is 3.84. The number of nitrogens with zero attached hydrogens (tertiary/aromatic N) is 1. The number of Topliss-reactive ketones (excluding diaryl/α,β-unsaturated/α-hetero) is 1. The molecule has 1 aliphatic carbocycles. The maximum Gasteiger partial charge on any atom is 0.329 e. The normalized spacial score (nSPS) is 16.9. The number of hydrogen-bond donors (Lipinski definition) is 2. The van der Waals surface area contributed by atoms with Crippen LogP contribution in [0.15, 0.2) is 57.6 Å². The van der Waals surface area contributed by atoms with Crippen molar-refractivity contribution in [3.63, 3.8) is 0 Å². The van der Waals surface area contributed by atoms with Crippen molar-refractivity contribution in [2.75, 3.05) is 5.32 Å². The number of anilines is 1.